The van der Waals surface area contributed by atoms with Crippen LogP contribution >= 0.6 is 0 Å². The van der Waals surface area contributed by atoms with Gasteiger partial charge < -0.3 is 15.3 Å². The van der Waals surface area contributed by atoms with Crippen molar-refractivity contribution in [2.24, 2.45) is 0 Å². The summed E-state index contributed by atoms with van der Waals surface area (Å²) in [7, 11) is 0. The van der Waals surface area contributed by atoms with Gasteiger partial charge in [0, 0.05) is 50.0 Å². The molecule has 1 aliphatic rings. The Bertz CT molecular complexity index is 561. The molecule has 126 valence electrons. The normalized spacial score (nSPS) is 20.1. The lowest BCUT2D eigenvalue weighted by atomic mass is 10.2. The second-order valence-corrected chi connectivity index (χ2v) is 5.89. The molecule has 0 aliphatic carbocycles. The second-order valence-electron chi connectivity index (χ2n) is 5.89. The number of non-ortho nitro benzene ring substituents is 1. The molecule has 0 unspecified atom stereocenters. The van der Waals surface area contributed by atoms with Crippen molar-refractivity contribution in [2.75, 3.05) is 31.5 Å². The Balaban J connectivity index is 1.92. The fraction of sp³-hybridized carbons (Fsp3) is 0.533. The summed E-state index contributed by atoms with van der Waals surface area (Å²) in [5, 5.41) is 22.8. The standard InChI is InChI=1S/C15H22N4O4/c1-11-9-17(10-12(2)20)7-8-18(11)15(21)16-13-3-5-14(6-4-13)19(22)23/h3-6,11-12,20H,7-10H2,1-2H3,(H,16,21)/t11-,12-/m1/s1. The molecule has 0 radical (unpaired) electrons. The van der Waals surface area contributed by atoms with Crippen LogP contribution in [0.2, 0.25) is 0 Å². The first-order chi connectivity index (χ1) is 10.9. The zero-order chi connectivity index (χ0) is 17.0. The molecule has 1 aliphatic heterocycles. The third kappa shape index (κ3) is 4.64. The van der Waals surface area contributed by atoms with E-state index in [1.165, 1.54) is 24.3 Å². The van der Waals surface area contributed by atoms with Gasteiger partial charge in [-0.05, 0) is 26.0 Å². The Hall–Kier alpha value is -2.19. The van der Waals surface area contributed by atoms with E-state index in [2.05, 4.69) is 10.2 Å². The minimum Gasteiger partial charge on any atom is -0.392 e. The van der Waals surface area contributed by atoms with Crippen LogP contribution in [0.3, 0.4) is 0 Å². The molecule has 23 heavy (non-hydrogen) atoms. The number of nitrogens with one attached hydrogen (secondary N) is 1. The third-order valence-corrected chi connectivity index (χ3v) is 3.82. The van der Waals surface area contributed by atoms with Crippen molar-refractivity contribution < 1.29 is 14.8 Å². The summed E-state index contributed by atoms with van der Waals surface area (Å²) in [6.07, 6.45) is -0.386. The van der Waals surface area contributed by atoms with Crippen LogP contribution in [0.1, 0.15) is 13.8 Å². The number of piperazine rings is 1. The van der Waals surface area contributed by atoms with Crippen LogP contribution < -0.4 is 5.32 Å². The summed E-state index contributed by atoms with van der Waals surface area (Å²) < 4.78 is 0. The van der Waals surface area contributed by atoms with E-state index in [0.717, 1.165) is 0 Å². The van der Waals surface area contributed by atoms with Crippen molar-refractivity contribution in [3.8, 4) is 0 Å². The number of anilines is 1. The van der Waals surface area contributed by atoms with Crippen molar-refractivity contribution >= 4 is 17.4 Å². The molecule has 8 nitrogen and oxygen atoms in total. The van der Waals surface area contributed by atoms with Crippen LogP contribution in [-0.2, 0) is 0 Å². The van der Waals surface area contributed by atoms with Crippen molar-refractivity contribution in [1.29, 1.82) is 0 Å². The van der Waals surface area contributed by atoms with E-state index < -0.39 is 4.92 Å². The van der Waals surface area contributed by atoms with E-state index in [-0.39, 0.29) is 23.9 Å². The van der Waals surface area contributed by atoms with E-state index in [1.807, 2.05) is 6.92 Å². The molecule has 2 atom stereocenters. The van der Waals surface area contributed by atoms with Crippen LogP contribution in [0.25, 0.3) is 0 Å². The minimum absolute atomic E-state index is 0.0110. The average molecular weight is 322 g/mol. The summed E-state index contributed by atoms with van der Waals surface area (Å²) in [4.78, 5) is 26.3. The zero-order valence-electron chi connectivity index (χ0n) is 13.3. The summed E-state index contributed by atoms with van der Waals surface area (Å²) in [6, 6.07) is 5.57. The molecule has 2 amide bonds. The molecule has 1 aromatic rings. The van der Waals surface area contributed by atoms with E-state index in [4.69, 9.17) is 0 Å². The number of nitro benzene ring substituents is 1. The van der Waals surface area contributed by atoms with Gasteiger partial charge in [0.25, 0.3) is 5.69 Å². The highest BCUT2D eigenvalue weighted by molar-refractivity contribution is 5.89. The monoisotopic (exact) mass is 322 g/mol. The smallest absolute Gasteiger partial charge is 0.322 e. The van der Waals surface area contributed by atoms with Crippen LogP contribution in [0.4, 0.5) is 16.2 Å². The van der Waals surface area contributed by atoms with Crippen molar-refractivity contribution in [3.05, 3.63) is 34.4 Å². The number of carbonyl (C=O) groups is 1. The molecule has 0 saturated carbocycles. The molecule has 1 aromatic carbocycles. The third-order valence-electron chi connectivity index (χ3n) is 3.82. The molecule has 0 bridgehead atoms. The number of carbonyl (C=O) groups excluding carboxylic acids is 1. The van der Waals surface area contributed by atoms with Crippen molar-refractivity contribution in [1.82, 2.24) is 9.80 Å². The van der Waals surface area contributed by atoms with E-state index >= 15 is 0 Å². The van der Waals surface area contributed by atoms with Crippen LogP contribution in [0.15, 0.2) is 24.3 Å². The van der Waals surface area contributed by atoms with Crippen molar-refractivity contribution in [3.63, 3.8) is 0 Å². The number of nitro groups is 1. The maximum atomic E-state index is 12.3. The maximum absolute atomic E-state index is 12.3. The topological polar surface area (TPSA) is 99.0 Å². The molecule has 0 aromatic heterocycles. The SMILES string of the molecule is C[C@@H]1CN(C[C@@H](C)O)CCN1C(=O)Nc1ccc([N+](=O)[O-])cc1. The molecular formula is C15H22N4O4. The number of rotatable bonds is 4. The summed E-state index contributed by atoms with van der Waals surface area (Å²) in [5.41, 5.74) is 0.516. The highest BCUT2D eigenvalue weighted by atomic mass is 16.6. The average Bonchev–Trinajstić information content (AvgIpc) is 2.47. The Labute approximate surface area is 134 Å². The number of β-amino-alcohol motifs (C(OH)–C–C–N with tert-alkyl or cyclic N) is 1. The van der Waals surface area contributed by atoms with Gasteiger partial charge in [-0.1, -0.05) is 0 Å². The lowest BCUT2D eigenvalue weighted by Crippen LogP contribution is -2.56. The molecule has 2 N–H and O–H groups in total. The molecule has 1 heterocycles. The number of aliphatic hydroxyl groups excluding tert-OH is 1. The molecule has 1 fully saturated rings. The highest BCUT2D eigenvalue weighted by Crippen LogP contribution is 2.17. The summed E-state index contributed by atoms with van der Waals surface area (Å²) in [5.74, 6) is 0. The lowest BCUT2D eigenvalue weighted by molar-refractivity contribution is -0.384. The van der Waals surface area contributed by atoms with Gasteiger partial charge in [-0.15, -0.1) is 0 Å². The maximum Gasteiger partial charge on any atom is 0.322 e. The van der Waals surface area contributed by atoms with Gasteiger partial charge in [0.05, 0.1) is 11.0 Å². The Morgan fingerprint density at radius 3 is 2.61 bits per heavy atom. The molecule has 0 spiro atoms. The number of aliphatic hydroxyl groups is 1. The van der Waals surface area contributed by atoms with Crippen LogP contribution in [0, 0.1) is 10.1 Å². The number of urea groups is 1. The number of hydrogen-bond donors (Lipinski definition) is 2. The number of amides is 2. The molecule has 2 rings (SSSR count). The van der Waals surface area contributed by atoms with Gasteiger partial charge in [-0.2, -0.15) is 0 Å². The fourth-order valence-electron chi connectivity index (χ4n) is 2.74. The predicted octanol–water partition coefficient (Wildman–Crippen LogP) is 1.51. The van der Waals surface area contributed by atoms with Gasteiger partial charge in [0.15, 0.2) is 0 Å². The molecular weight excluding hydrogens is 300 g/mol. The summed E-state index contributed by atoms with van der Waals surface area (Å²) >= 11 is 0. The minimum atomic E-state index is -0.477. The first-order valence-corrected chi connectivity index (χ1v) is 7.59. The number of benzene rings is 1. The first-order valence-electron chi connectivity index (χ1n) is 7.59. The van der Waals surface area contributed by atoms with Crippen LogP contribution in [-0.4, -0.2) is 64.2 Å². The molecule has 8 heteroatoms. The van der Waals surface area contributed by atoms with Gasteiger partial charge >= 0.3 is 6.03 Å². The number of nitrogens with zero attached hydrogens (tertiary/aromatic N) is 3. The largest absolute Gasteiger partial charge is 0.392 e. The van der Waals surface area contributed by atoms with Crippen LogP contribution in [0.5, 0.6) is 0 Å². The Morgan fingerprint density at radius 2 is 2.09 bits per heavy atom. The quantitative estimate of drug-likeness (QED) is 0.647. The van der Waals surface area contributed by atoms with E-state index in [0.29, 0.717) is 31.9 Å². The highest BCUT2D eigenvalue weighted by Gasteiger charge is 2.27. The first kappa shape index (κ1) is 17.2. The van der Waals surface area contributed by atoms with Gasteiger partial charge in [-0.25, -0.2) is 4.79 Å². The van der Waals surface area contributed by atoms with E-state index in [9.17, 15) is 20.0 Å². The zero-order valence-corrected chi connectivity index (χ0v) is 13.3. The summed E-state index contributed by atoms with van der Waals surface area (Å²) in [6.45, 7) is 6.30. The second kappa shape index (κ2) is 7.38. The van der Waals surface area contributed by atoms with Crippen molar-refractivity contribution in [2.45, 2.75) is 26.0 Å². The Morgan fingerprint density at radius 1 is 1.43 bits per heavy atom. The lowest BCUT2D eigenvalue weighted by Gasteiger charge is -2.40. The number of hydrogen-bond acceptors (Lipinski definition) is 5. The molecule has 1 saturated heterocycles. The fourth-order valence-corrected chi connectivity index (χ4v) is 2.74. The van der Waals surface area contributed by atoms with Gasteiger partial charge in [0.2, 0.25) is 0 Å². The van der Waals surface area contributed by atoms with Gasteiger partial charge in [-0.3, -0.25) is 15.0 Å². The van der Waals surface area contributed by atoms with Gasteiger partial charge in [0.1, 0.15) is 0 Å². The Kier molecular flexibility index (Phi) is 5.51. The van der Waals surface area contributed by atoms with E-state index in [1.54, 1.807) is 11.8 Å². The predicted molar refractivity (Wildman–Crippen MR) is 86.4 cm³/mol.